The first-order chi connectivity index (χ1) is 18.5. The molecule has 14 heteroatoms. The third kappa shape index (κ3) is 6.85. The number of rotatable bonds is 8. The summed E-state index contributed by atoms with van der Waals surface area (Å²) in [5.41, 5.74) is -0.219. The van der Waals surface area contributed by atoms with Crippen LogP contribution in [0.4, 0.5) is 27.6 Å². The predicted octanol–water partition coefficient (Wildman–Crippen LogP) is 5.36. The number of hydrogen-bond acceptors (Lipinski definition) is 7. The highest BCUT2D eigenvalue weighted by atomic mass is 19.4. The van der Waals surface area contributed by atoms with Crippen molar-refractivity contribution >= 4 is 17.5 Å². The normalized spacial score (nSPS) is 11.1. The number of amides is 2. The summed E-state index contributed by atoms with van der Waals surface area (Å²) in [6, 6.07) is 10.8. The lowest BCUT2D eigenvalue weighted by Gasteiger charge is -2.11. The zero-order valence-electron chi connectivity index (χ0n) is 19.8. The van der Waals surface area contributed by atoms with E-state index in [1.165, 1.54) is 49.6 Å². The number of anilines is 1. The highest BCUT2D eigenvalue weighted by Crippen LogP contribution is 2.30. The lowest BCUT2D eigenvalue weighted by atomic mass is 10.1. The molecule has 2 amide bonds. The minimum absolute atomic E-state index is 0.00228. The summed E-state index contributed by atoms with van der Waals surface area (Å²) in [5.74, 6) is -3.67. The van der Waals surface area contributed by atoms with E-state index in [1.54, 1.807) is 5.32 Å². The van der Waals surface area contributed by atoms with Crippen molar-refractivity contribution in [1.29, 1.82) is 0 Å². The average molecular weight is 548 g/mol. The van der Waals surface area contributed by atoms with Crippen molar-refractivity contribution < 1.29 is 45.4 Å². The number of carbonyl (C=O) groups is 2. The van der Waals surface area contributed by atoms with Gasteiger partial charge in [0, 0.05) is 29.6 Å². The number of hydrogen-bond donors (Lipinski definition) is 2. The number of methoxy groups -OCH3 is 1. The van der Waals surface area contributed by atoms with Gasteiger partial charge in [0.25, 0.3) is 11.8 Å². The smallest absolute Gasteiger partial charge is 0.405 e. The molecule has 0 spiro atoms. The molecule has 0 saturated carbocycles. The maximum atomic E-state index is 14.8. The molecule has 202 valence electrons. The van der Waals surface area contributed by atoms with Gasteiger partial charge in [0.15, 0.2) is 23.0 Å². The van der Waals surface area contributed by atoms with Crippen LogP contribution in [0.15, 0.2) is 65.2 Å². The van der Waals surface area contributed by atoms with E-state index in [4.69, 9.17) is 13.9 Å². The summed E-state index contributed by atoms with van der Waals surface area (Å²) in [4.78, 5) is 32.4. The van der Waals surface area contributed by atoms with Gasteiger partial charge in [-0.05, 0) is 42.5 Å². The van der Waals surface area contributed by atoms with Gasteiger partial charge in [-0.2, -0.15) is 18.2 Å². The van der Waals surface area contributed by atoms with Crippen LogP contribution < -0.4 is 20.1 Å². The monoisotopic (exact) mass is 548 g/mol. The molecule has 0 aliphatic rings. The highest BCUT2D eigenvalue weighted by Gasteiger charge is 2.28. The zero-order valence-corrected chi connectivity index (χ0v) is 19.8. The largest absolute Gasteiger partial charge is 0.454 e. The van der Waals surface area contributed by atoms with Crippen molar-refractivity contribution in [3.63, 3.8) is 0 Å². The topological polar surface area (TPSA) is 116 Å². The Hall–Kier alpha value is -5.01. The number of benzene rings is 2. The third-order valence-electron chi connectivity index (χ3n) is 4.93. The van der Waals surface area contributed by atoms with E-state index in [-0.39, 0.29) is 40.4 Å². The molecule has 0 aliphatic carbocycles. The molecule has 0 saturated heterocycles. The lowest BCUT2D eigenvalue weighted by molar-refractivity contribution is -0.123. The standard InChI is InChI=1S/C25H17F5N4O5/c1-37-24-34-20(21(39-24)13-2-4-14(26)5-3-13)23(36)33-15-6-7-19(17(27)10-15)38-16-8-9-31-18(11-16)22(35)32-12-25(28,29)30/h2-11H,12H2,1H3,(H,32,35)(H,33,36). The maximum Gasteiger partial charge on any atom is 0.405 e. The Bertz CT molecular complexity index is 1510. The summed E-state index contributed by atoms with van der Waals surface area (Å²) >= 11 is 0. The van der Waals surface area contributed by atoms with E-state index in [9.17, 15) is 31.5 Å². The number of aromatic nitrogens is 2. The molecule has 4 aromatic rings. The third-order valence-corrected chi connectivity index (χ3v) is 4.93. The van der Waals surface area contributed by atoms with Crippen LogP contribution in [-0.2, 0) is 0 Å². The van der Waals surface area contributed by atoms with Crippen molar-refractivity contribution in [3.05, 3.63) is 83.8 Å². The Kier molecular flexibility index (Phi) is 7.74. The van der Waals surface area contributed by atoms with Gasteiger partial charge >= 0.3 is 12.3 Å². The molecule has 0 radical (unpaired) electrons. The fraction of sp³-hybridized carbons (Fsp3) is 0.120. The fourth-order valence-corrected chi connectivity index (χ4v) is 3.19. The number of ether oxygens (including phenoxy) is 2. The van der Waals surface area contributed by atoms with Crippen LogP contribution in [0.3, 0.4) is 0 Å². The summed E-state index contributed by atoms with van der Waals surface area (Å²) < 4.78 is 80.8. The van der Waals surface area contributed by atoms with E-state index in [0.29, 0.717) is 5.56 Å². The minimum atomic E-state index is -4.60. The van der Waals surface area contributed by atoms with Crippen LogP contribution in [0.1, 0.15) is 21.0 Å². The van der Waals surface area contributed by atoms with Crippen molar-refractivity contribution in [2.24, 2.45) is 0 Å². The molecule has 2 heterocycles. The number of alkyl halides is 3. The molecule has 0 atom stereocenters. The van der Waals surface area contributed by atoms with Crippen LogP contribution in [0.2, 0.25) is 0 Å². The van der Waals surface area contributed by atoms with Gasteiger partial charge in [0.2, 0.25) is 0 Å². The Morgan fingerprint density at radius 1 is 1.00 bits per heavy atom. The number of carbonyl (C=O) groups excluding carboxylic acids is 2. The molecule has 2 N–H and O–H groups in total. The minimum Gasteiger partial charge on any atom is -0.454 e. The molecule has 0 fully saturated rings. The average Bonchev–Trinajstić information content (AvgIpc) is 3.34. The molecule has 0 unspecified atom stereocenters. The first kappa shape index (κ1) is 27.0. The highest BCUT2D eigenvalue weighted by molar-refractivity contribution is 6.06. The van der Waals surface area contributed by atoms with E-state index in [2.05, 4.69) is 15.3 Å². The molecule has 0 aliphatic heterocycles. The summed E-state index contributed by atoms with van der Waals surface area (Å²) in [6.45, 7) is -1.55. The van der Waals surface area contributed by atoms with Gasteiger partial charge in [0.1, 0.15) is 23.8 Å². The maximum absolute atomic E-state index is 14.8. The van der Waals surface area contributed by atoms with E-state index in [1.807, 2.05) is 0 Å². The van der Waals surface area contributed by atoms with Gasteiger partial charge in [-0.3, -0.25) is 14.6 Å². The zero-order chi connectivity index (χ0) is 28.2. The molecule has 2 aromatic heterocycles. The van der Waals surface area contributed by atoms with Gasteiger partial charge < -0.3 is 24.5 Å². The van der Waals surface area contributed by atoms with Crippen molar-refractivity contribution in [1.82, 2.24) is 15.3 Å². The number of nitrogens with zero attached hydrogens (tertiary/aromatic N) is 2. The summed E-state index contributed by atoms with van der Waals surface area (Å²) in [5, 5.41) is 4.13. The Balaban J connectivity index is 1.48. The number of pyridine rings is 1. The van der Waals surface area contributed by atoms with Crippen LogP contribution in [-0.4, -0.2) is 41.6 Å². The van der Waals surface area contributed by atoms with Crippen molar-refractivity contribution in [2.45, 2.75) is 6.18 Å². The van der Waals surface area contributed by atoms with Gasteiger partial charge in [-0.25, -0.2) is 8.78 Å². The molecule has 0 bridgehead atoms. The second-order valence-corrected chi connectivity index (χ2v) is 7.74. The van der Waals surface area contributed by atoms with Crippen molar-refractivity contribution in [3.8, 4) is 28.9 Å². The first-order valence-corrected chi connectivity index (χ1v) is 10.9. The first-order valence-electron chi connectivity index (χ1n) is 10.9. The quantitative estimate of drug-likeness (QED) is 0.285. The van der Waals surface area contributed by atoms with E-state index < -0.39 is 36.2 Å². The van der Waals surface area contributed by atoms with Crippen LogP contribution in [0.5, 0.6) is 17.6 Å². The molecular formula is C25H17F5N4O5. The predicted molar refractivity (Wildman–Crippen MR) is 126 cm³/mol. The molecule has 9 nitrogen and oxygen atoms in total. The SMILES string of the molecule is COc1nc(C(=O)Nc2ccc(Oc3ccnc(C(=O)NCC(F)(F)F)c3)c(F)c2)c(-c2ccc(F)cc2)o1. The Morgan fingerprint density at radius 2 is 1.74 bits per heavy atom. The molecule has 4 rings (SSSR count). The molecule has 39 heavy (non-hydrogen) atoms. The van der Waals surface area contributed by atoms with E-state index in [0.717, 1.165) is 18.3 Å². The van der Waals surface area contributed by atoms with Gasteiger partial charge in [-0.15, -0.1) is 0 Å². The molecule has 2 aromatic carbocycles. The van der Waals surface area contributed by atoms with Crippen molar-refractivity contribution in [2.75, 3.05) is 19.0 Å². The van der Waals surface area contributed by atoms with Crippen LogP contribution in [0, 0.1) is 11.6 Å². The number of oxazole rings is 1. The lowest BCUT2D eigenvalue weighted by Crippen LogP contribution is -2.34. The van der Waals surface area contributed by atoms with Crippen LogP contribution in [0.25, 0.3) is 11.3 Å². The second-order valence-electron chi connectivity index (χ2n) is 7.74. The van der Waals surface area contributed by atoms with E-state index >= 15 is 0 Å². The van der Waals surface area contributed by atoms with Gasteiger partial charge in [0.05, 0.1) is 7.11 Å². The number of nitrogens with one attached hydrogen (secondary N) is 2. The second kappa shape index (κ2) is 11.2. The Morgan fingerprint density at radius 3 is 2.41 bits per heavy atom. The fourth-order valence-electron chi connectivity index (χ4n) is 3.19. The Labute approximate surface area is 216 Å². The summed E-state index contributed by atoms with van der Waals surface area (Å²) in [7, 11) is 1.27. The van der Waals surface area contributed by atoms with Crippen LogP contribution >= 0.6 is 0 Å². The number of halogens is 5. The molecular weight excluding hydrogens is 531 g/mol. The van der Waals surface area contributed by atoms with Gasteiger partial charge in [-0.1, -0.05) is 0 Å². The summed E-state index contributed by atoms with van der Waals surface area (Å²) in [6.07, 6.45) is -3.72.